The van der Waals surface area contributed by atoms with Crippen LogP contribution in [0.15, 0.2) is 16.9 Å². The molecule has 5 nitrogen and oxygen atoms in total. The van der Waals surface area contributed by atoms with Crippen molar-refractivity contribution in [1.82, 2.24) is 4.57 Å². The molecule has 24 heavy (non-hydrogen) atoms. The number of ether oxygens (including phenoxy) is 1. The second kappa shape index (κ2) is 6.65. The highest BCUT2D eigenvalue weighted by Crippen LogP contribution is 2.34. The lowest BCUT2D eigenvalue weighted by molar-refractivity contribution is 0.0506. The lowest BCUT2D eigenvalue weighted by atomic mass is 9.96. The van der Waals surface area contributed by atoms with Crippen molar-refractivity contribution in [2.24, 2.45) is 5.41 Å². The highest BCUT2D eigenvalue weighted by atomic mass is 35.5. The van der Waals surface area contributed by atoms with Crippen LogP contribution in [0.3, 0.4) is 0 Å². The van der Waals surface area contributed by atoms with E-state index in [1.807, 2.05) is 20.8 Å². The number of rotatable bonds is 3. The molecule has 0 amide bonds. The fourth-order valence-electron chi connectivity index (χ4n) is 2.45. The summed E-state index contributed by atoms with van der Waals surface area (Å²) in [6.45, 7) is 7.77. The van der Waals surface area contributed by atoms with Crippen LogP contribution < -0.4 is 5.56 Å². The molecule has 0 radical (unpaired) electrons. The molecule has 130 valence electrons. The molecular formula is C17H19Cl2NO4. The minimum Gasteiger partial charge on any atom is -0.505 e. The van der Waals surface area contributed by atoms with Crippen LogP contribution in [0.2, 0.25) is 10.0 Å². The van der Waals surface area contributed by atoms with Crippen molar-refractivity contribution in [2.45, 2.75) is 34.2 Å². The second-order valence-electron chi connectivity index (χ2n) is 6.68. The lowest BCUT2D eigenvalue weighted by Crippen LogP contribution is -2.32. The summed E-state index contributed by atoms with van der Waals surface area (Å²) in [5.74, 6) is -1.10. The van der Waals surface area contributed by atoms with Crippen molar-refractivity contribution in [3.63, 3.8) is 0 Å². The predicted molar refractivity (Wildman–Crippen MR) is 95.3 cm³/mol. The zero-order valence-electron chi connectivity index (χ0n) is 13.9. The van der Waals surface area contributed by atoms with Gasteiger partial charge in [0.15, 0.2) is 11.4 Å². The number of carbonyl (C=O) groups is 1. The van der Waals surface area contributed by atoms with Crippen molar-refractivity contribution in [2.75, 3.05) is 6.61 Å². The Hall–Kier alpha value is -1.72. The summed E-state index contributed by atoms with van der Waals surface area (Å²) >= 11 is 12.0. The van der Waals surface area contributed by atoms with E-state index >= 15 is 0 Å². The zero-order chi connectivity index (χ0) is 18.2. The highest BCUT2D eigenvalue weighted by molar-refractivity contribution is 6.42. The smallest absolute Gasteiger partial charge is 0.358 e. The fourth-order valence-corrected chi connectivity index (χ4v) is 2.78. The fraction of sp³-hybridized carbons (Fsp3) is 0.412. The van der Waals surface area contributed by atoms with Crippen LogP contribution in [0.25, 0.3) is 10.8 Å². The molecule has 0 atom stereocenters. The Bertz CT molecular complexity index is 866. The summed E-state index contributed by atoms with van der Waals surface area (Å²) in [6.07, 6.45) is 0. The third kappa shape index (κ3) is 3.52. The molecule has 0 spiro atoms. The molecule has 0 unspecified atom stereocenters. The topological polar surface area (TPSA) is 68.5 Å². The van der Waals surface area contributed by atoms with Gasteiger partial charge in [0, 0.05) is 11.9 Å². The van der Waals surface area contributed by atoms with Crippen molar-refractivity contribution in [1.29, 1.82) is 0 Å². The van der Waals surface area contributed by atoms with E-state index < -0.39 is 11.5 Å². The van der Waals surface area contributed by atoms with E-state index in [2.05, 4.69) is 0 Å². The number of fused-ring (bicyclic) bond motifs is 1. The van der Waals surface area contributed by atoms with Crippen LogP contribution in [0.1, 0.15) is 38.2 Å². The van der Waals surface area contributed by atoms with E-state index in [0.29, 0.717) is 0 Å². The van der Waals surface area contributed by atoms with Crippen LogP contribution in [-0.2, 0) is 11.3 Å². The Balaban J connectivity index is 2.92. The molecule has 1 N–H and O–H groups in total. The van der Waals surface area contributed by atoms with Gasteiger partial charge in [-0.2, -0.15) is 0 Å². The van der Waals surface area contributed by atoms with E-state index in [1.54, 1.807) is 6.92 Å². The molecule has 0 aliphatic carbocycles. The summed E-state index contributed by atoms with van der Waals surface area (Å²) < 4.78 is 6.24. The number of aromatic nitrogens is 1. The van der Waals surface area contributed by atoms with Gasteiger partial charge in [-0.1, -0.05) is 44.0 Å². The van der Waals surface area contributed by atoms with E-state index in [1.165, 1.54) is 16.7 Å². The largest absolute Gasteiger partial charge is 0.505 e. The molecule has 0 fully saturated rings. The SMILES string of the molecule is CCOC(=O)c1c(O)c2cc(Cl)c(Cl)cc2c(=O)n1CC(C)(C)C. The van der Waals surface area contributed by atoms with Crippen LogP contribution in [0.4, 0.5) is 0 Å². The monoisotopic (exact) mass is 371 g/mol. The Morgan fingerprint density at radius 3 is 2.25 bits per heavy atom. The first-order valence-corrected chi connectivity index (χ1v) is 8.24. The number of carbonyl (C=O) groups excluding carboxylic acids is 1. The van der Waals surface area contributed by atoms with Crippen molar-refractivity contribution in [3.8, 4) is 5.75 Å². The van der Waals surface area contributed by atoms with E-state index in [-0.39, 0.29) is 50.8 Å². The van der Waals surface area contributed by atoms with Gasteiger partial charge in [0.05, 0.1) is 22.0 Å². The van der Waals surface area contributed by atoms with Crippen LogP contribution in [0.5, 0.6) is 5.75 Å². The predicted octanol–water partition coefficient (Wildman–Crippen LogP) is 4.24. The third-order valence-electron chi connectivity index (χ3n) is 3.39. The van der Waals surface area contributed by atoms with Crippen LogP contribution >= 0.6 is 23.2 Å². The standard InChI is InChI=1S/C17H19Cl2NO4/c1-5-24-16(23)13-14(21)9-6-11(18)12(19)7-10(9)15(22)20(13)8-17(2,3)4/h6-7,21H,5,8H2,1-4H3. The normalized spacial score (nSPS) is 11.8. The molecule has 0 bridgehead atoms. The number of nitrogens with zero attached hydrogens (tertiary/aromatic N) is 1. The number of halogens is 2. The van der Waals surface area contributed by atoms with Crippen molar-refractivity contribution < 1.29 is 14.6 Å². The van der Waals surface area contributed by atoms with Gasteiger partial charge in [0.25, 0.3) is 5.56 Å². The number of pyridine rings is 1. The highest BCUT2D eigenvalue weighted by Gasteiger charge is 2.26. The number of esters is 1. The maximum absolute atomic E-state index is 12.9. The third-order valence-corrected chi connectivity index (χ3v) is 4.11. The molecule has 0 saturated heterocycles. The molecule has 7 heteroatoms. The maximum Gasteiger partial charge on any atom is 0.358 e. The number of hydrogen-bond donors (Lipinski definition) is 1. The molecule has 1 heterocycles. The van der Waals surface area contributed by atoms with Crippen molar-refractivity contribution in [3.05, 3.63) is 38.2 Å². The summed E-state index contributed by atoms with van der Waals surface area (Å²) in [5.41, 5.74) is -0.913. The summed E-state index contributed by atoms with van der Waals surface area (Å²) in [5, 5.41) is 11.3. The van der Waals surface area contributed by atoms with Gasteiger partial charge in [0.1, 0.15) is 0 Å². The minimum absolute atomic E-state index is 0.126. The van der Waals surface area contributed by atoms with Gasteiger partial charge in [-0.15, -0.1) is 0 Å². The zero-order valence-corrected chi connectivity index (χ0v) is 15.5. The van der Waals surface area contributed by atoms with Crippen LogP contribution in [0, 0.1) is 5.41 Å². The Morgan fingerprint density at radius 1 is 1.21 bits per heavy atom. The van der Waals surface area contributed by atoms with Gasteiger partial charge in [-0.05, 0) is 24.5 Å². The Morgan fingerprint density at radius 2 is 1.75 bits per heavy atom. The quantitative estimate of drug-likeness (QED) is 0.819. The second-order valence-corrected chi connectivity index (χ2v) is 7.50. The first kappa shape index (κ1) is 18.6. The van der Waals surface area contributed by atoms with Gasteiger partial charge < -0.3 is 9.84 Å². The van der Waals surface area contributed by atoms with Crippen LogP contribution in [-0.4, -0.2) is 22.2 Å². The molecule has 0 aliphatic heterocycles. The number of benzene rings is 1. The molecule has 2 rings (SSSR count). The average Bonchev–Trinajstić information content (AvgIpc) is 2.45. The molecule has 1 aromatic heterocycles. The van der Waals surface area contributed by atoms with Gasteiger partial charge >= 0.3 is 5.97 Å². The Labute approximate surface area is 149 Å². The molecule has 2 aromatic rings. The summed E-state index contributed by atoms with van der Waals surface area (Å²) in [6, 6.07) is 2.77. The summed E-state index contributed by atoms with van der Waals surface area (Å²) in [4.78, 5) is 25.2. The van der Waals surface area contributed by atoms with E-state index in [0.717, 1.165) is 0 Å². The molecular weight excluding hydrogens is 353 g/mol. The lowest BCUT2D eigenvalue weighted by Gasteiger charge is -2.23. The number of hydrogen-bond acceptors (Lipinski definition) is 4. The van der Waals surface area contributed by atoms with Gasteiger partial charge in [-0.3, -0.25) is 9.36 Å². The molecule has 0 aliphatic rings. The number of aromatic hydroxyl groups is 1. The maximum atomic E-state index is 12.9. The average molecular weight is 372 g/mol. The first-order valence-electron chi connectivity index (χ1n) is 7.48. The van der Waals surface area contributed by atoms with Gasteiger partial charge in [0.2, 0.25) is 0 Å². The van der Waals surface area contributed by atoms with E-state index in [9.17, 15) is 14.7 Å². The first-order chi connectivity index (χ1) is 11.1. The van der Waals surface area contributed by atoms with E-state index in [4.69, 9.17) is 27.9 Å². The molecule has 0 saturated carbocycles. The molecule has 1 aromatic carbocycles. The Kier molecular flexibility index (Phi) is 5.16. The summed E-state index contributed by atoms with van der Waals surface area (Å²) in [7, 11) is 0. The minimum atomic E-state index is -0.760. The van der Waals surface area contributed by atoms with Gasteiger partial charge in [-0.25, -0.2) is 4.79 Å². The van der Waals surface area contributed by atoms with Crippen molar-refractivity contribution >= 4 is 39.9 Å².